The predicted octanol–water partition coefficient (Wildman–Crippen LogP) is 3.03. The highest BCUT2D eigenvalue weighted by atomic mass is 19.4. The van der Waals surface area contributed by atoms with E-state index in [1.807, 2.05) is 0 Å². The van der Waals surface area contributed by atoms with E-state index in [0.29, 0.717) is 6.07 Å². The van der Waals surface area contributed by atoms with Crippen LogP contribution < -0.4 is 5.73 Å². The quantitative estimate of drug-likeness (QED) is 0.528. The Kier molecular flexibility index (Phi) is 4.57. The fourth-order valence-corrected chi connectivity index (χ4v) is 1.56. The second-order valence-corrected chi connectivity index (χ2v) is 4.02. The molecular weight excluding hydrogens is 285 g/mol. The highest BCUT2D eigenvalue weighted by molar-refractivity contribution is 5.78. The molecule has 0 heterocycles. The van der Waals surface area contributed by atoms with Crippen LogP contribution in [0.25, 0.3) is 0 Å². The first kappa shape index (κ1) is 16.2. The van der Waals surface area contributed by atoms with Crippen molar-refractivity contribution in [2.24, 2.45) is 0 Å². The monoisotopic (exact) mass is 297 g/mol. The van der Waals surface area contributed by atoms with Gasteiger partial charge in [-0.15, -0.1) is 0 Å². The summed E-state index contributed by atoms with van der Waals surface area (Å²) >= 11 is 0. The van der Waals surface area contributed by atoms with E-state index in [1.165, 1.54) is 6.92 Å². The topological polar surface area (TPSA) is 52.3 Å². The van der Waals surface area contributed by atoms with Crippen molar-refractivity contribution in [3.05, 3.63) is 29.3 Å². The smallest absolute Gasteiger partial charge is 0.416 e. The van der Waals surface area contributed by atoms with Crippen LogP contribution in [-0.2, 0) is 22.1 Å². The molecule has 0 spiro atoms. The lowest BCUT2D eigenvalue weighted by Crippen LogP contribution is -2.34. The number of ether oxygens (including phenoxy) is 1. The highest BCUT2D eigenvalue weighted by Gasteiger charge is 2.43. The summed E-state index contributed by atoms with van der Waals surface area (Å²) in [4.78, 5) is 11.0. The van der Waals surface area contributed by atoms with Gasteiger partial charge in [0.25, 0.3) is 0 Å². The van der Waals surface area contributed by atoms with Crippen molar-refractivity contribution in [3.8, 4) is 0 Å². The Morgan fingerprint density at radius 3 is 2.35 bits per heavy atom. The van der Waals surface area contributed by atoms with Gasteiger partial charge in [-0.3, -0.25) is 0 Å². The van der Waals surface area contributed by atoms with Gasteiger partial charge in [0.05, 0.1) is 12.2 Å². The average Bonchev–Trinajstić information content (AvgIpc) is 2.30. The summed E-state index contributed by atoms with van der Waals surface area (Å²) in [7, 11) is 0. The van der Waals surface area contributed by atoms with Crippen molar-refractivity contribution >= 4 is 11.7 Å². The zero-order valence-corrected chi connectivity index (χ0v) is 10.4. The van der Waals surface area contributed by atoms with Crippen molar-refractivity contribution in [1.82, 2.24) is 0 Å². The zero-order valence-electron chi connectivity index (χ0n) is 10.4. The normalized spacial score (nSPS) is 12.3. The van der Waals surface area contributed by atoms with Gasteiger partial charge in [-0.05, 0) is 24.6 Å². The fraction of sp³-hybridized carbons (Fsp3) is 0.417. The van der Waals surface area contributed by atoms with Gasteiger partial charge in [0.2, 0.25) is 0 Å². The number of rotatable bonds is 4. The van der Waals surface area contributed by atoms with Crippen LogP contribution in [0.4, 0.5) is 27.6 Å². The first-order valence-corrected chi connectivity index (χ1v) is 5.58. The Morgan fingerprint density at radius 2 is 1.85 bits per heavy atom. The minimum Gasteiger partial charge on any atom is -0.462 e. The van der Waals surface area contributed by atoms with Crippen LogP contribution in [0.5, 0.6) is 0 Å². The molecule has 0 fully saturated rings. The lowest BCUT2D eigenvalue weighted by Gasteiger charge is -2.18. The number of alkyl halides is 5. The number of nitrogen functional groups attached to an aromatic ring is 1. The molecule has 20 heavy (non-hydrogen) atoms. The van der Waals surface area contributed by atoms with Gasteiger partial charge in [0, 0.05) is 12.1 Å². The Hall–Kier alpha value is -1.86. The van der Waals surface area contributed by atoms with E-state index in [1.54, 1.807) is 0 Å². The Morgan fingerprint density at radius 1 is 1.25 bits per heavy atom. The number of benzene rings is 1. The molecule has 0 amide bonds. The number of carbonyl (C=O) groups excluding carboxylic acids is 1. The summed E-state index contributed by atoms with van der Waals surface area (Å²) in [5.74, 6) is -5.89. The van der Waals surface area contributed by atoms with Crippen molar-refractivity contribution in [2.45, 2.75) is 25.4 Å². The third-order valence-electron chi connectivity index (χ3n) is 2.43. The Labute approximate surface area is 111 Å². The van der Waals surface area contributed by atoms with Crippen LogP contribution in [0, 0.1) is 0 Å². The van der Waals surface area contributed by atoms with E-state index in [-0.39, 0.29) is 12.3 Å². The van der Waals surface area contributed by atoms with Gasteiger partial charge in [0.15, 0.2) is 0 Å². The second kappa shape index (κ2) is 5.64. The minimum absolute atomic E-state index is 0.208. The number of nitrogens with two attached hydrogens (primary N) is 1. The number of anilines is 1. The summed E-state index contributed by atoms with van der Waals surface area (Å²) in [5, 5.41) is 0. The molecule has 0 aliphatic heterocycles. The van der Waals surface area contributed by atoms with Crippen LogP contribution in [0.15, 0.2) is 18.2 Å². The second-order valence-electron chi connectivity index (χ2n) is 4.02. The number of hydrogen-bond donors (Lipinski definition) is 1. The summed E-state index contributed by atoms with van der Waals surface area (Å²) in [6, 6.07) is 2.44. The highest BCUT2D eigenvalue weighted by Crippen LogP contribution is 2.35. The molecule has 0 saturated heterocycles. The van der Waals surface area contributed by atoms with Crippen LogP contribution in [0.1, 0.15) is 18.1 Å². The molecule has 0 saturated carbocycles. The van der Waals surface area contributed by atoms with E-state index in [2.05, 4.69) is 4.74 Å². The lowest BCUT2D eigenvalue weighted by atomic mass is 10.00. The fourth-order valence-electron chi connectivity index (χ4n) is 1.56. The molecular formula is C12H12F5NO2. The summed E-state index contributed by atoms with van der Waals surface area (Å²) in [5.41, 5.74) is 3.00. The number of hydrogen-bond acceptors (Lipinski definition) is 3. The minimum atomic E-state index is -4.84. The molecule has 3 nitrogen and oxygen atoms in total. The SMILES string of the molecule is CCOC(=O)C(F)(F)Cc1ccc(N)cc1C(F)(F)F. The molecule has 0 atom stereocenters. The van der Waals surface area contributed by atoms with Gasteiger partial charge >= 0.3 is 18.1 Å². The molecule has 1 aromatic rings. The first-order chi connectivity index (χ1) is 9.08. The molecule has 0 unspecified atom stereocenters. The van der Waals surface area contributed by atoms with Crippen molar-refractivity contribution in [1.29, 1.82) is 0 Å². The summed E-state index contributed by atoms with van der Waals surface area (Å²) in [6.07, 6.45) is -6.24. The molecule has 1 aromatic carbocycles. The average molecular weight is 297 g/mol. The maximum Gasteiger partial charge on any atom is 0.416 e. The van der Waals surface area contributed by atoms with Gasteiger partial charge in [-0.1, -0.05) is 6.07 Å². The zero-order chi connectivity index (χ0) is 15.6. The molecule has 0 aliphatic carbocycles. The maximum atomic E-state index is 13.5. The number of esters is 1. The molecule has 1 rings (SSSR count). The van der Waals surface area contributed by atoms with Crippen molar-refractivity contribution in [2.75, 3.05) is 12.3 Å². The molecule has 2 N–H and O–H groups in total. The molecule has 0 radical (unpaired) electrons. The molecule has 0 aromatic heterocycles. The van der Waals surface area contributed by atoms with Gasteiger partial charge in [-0.25, -0.2) is 4.79 Å². The lowest BCUT2D eigenvalue weighted by molar-refractivity contribution is -0.171. The van der Waals surface area contributed by atoms with E-state index in [9.17, 15) is 26.7 Å². The molecule has 0 aliphatic rings. The van der Waals surface area contributed by atoms with E-state index >= 15 is 0 Å². The molecule has 112 valence electrons. The summed E-state index contributed by atoms with van der Waals surface area (Å²) in [6.45, 7) is 1.03. The van der Waals surface area contributed by atoms with Gasteiger partial charge in [0.1, 0.15) is 0 Å². The van der Waals surface area contributed by atoms with Crippen molar-refractivity contribution < 1.29 is 31.5 Å². The van der Waals surface area contributed by atoms with Crippen LogP contribution in [0.2, 0.25) is 0 Å². The van der Waals surface area contributed by atoms with Crippen molar-refractivity contribution in [3.63, 3.8) is 0 Å². The Balaban J connectivity index is 3.12. The predicted molar refractivity (Wildman–Crippen MR) is 61.1 cm³/mol. The largest absolute Gasteiger partial charge is 0.462 e. The van der Waals surface area contributed by atoms with E-state index in [4.69, 9.17) is 5.73 Å². The van der Waals surface area contributed by atoms with E-state index < -0.39 is 35.6 Å². The van der Waals surface area contributed by atoms with Crippen LogP contribution >= 0.6 is 0 Å². The summed E-state index contributed by atoms with van der Waals surface area (Å²) < 4.78 is 69.3. The standard InChI is InChI=1S/C12H12F5NO2/c1-2-20-10(19)11(13,14)6-7-3-4-8(18)5-9(7)12(15,16)17/h3-5H,2,6,18H2,1H3. The third kappa shape index (κ3) is 3.82. The molecule has 8 heteroatoms. The maximum absolute atomic E-state index is 13.5. The Bertz CT molecular complexity index is 499. The van der Waals surface area contributed by atoms with Crippen LogP contribution in [0.3, 0.4) is 0 Å². The first-order valence-electron chi connectivity index (χ1n) is 5.58. The van der Waals surface area contributed by atoms with Gasteiger partial charge < -0.3 is 10.5 Å². The number of carbonyl (C=O) groups is 1. The van der Waals surface area contributed by atoms with E-state index in [0.717, 1.165) is 12.1 Å². The third-order valence-corrected chi connectivity index (χ3v) is 2.43. The molecule has 0 bridgehead atoms. The number of halogens is 5. The van der Waals surface area contributed by atoms with Crippen LogP contribution in [-0.4, -0.2) is 18.5 Å². The van der Waals surface area contributed by atoms with Gasteiger partial charge in [-0.2, -0.15) is 22.0 Å².